The Hall–Kier alpha value is -1.06. The van der Waals surface area contributed by atoms with Crippen molar-refractivity contribution in [2.75, 3.05) is 26.2 Å². The second kappa shape index (κ2) is 8.87. The number of likely N-dealkylation sites (tertiary alicyclic amines) is 1. The molecule has 2 fully saturated rings. The van der Waals surface area contributed by atoms with Crippen LogP contribution in [0.5, 0.6) is 0 Å². The van der Waals surface area contributed by atoms with Gasteiger partial charge in [-0.15, -0.1) is 12.4 Å². The molecule has 1 aliphatic heterocycles. The summed E-state index contributed by atoms with van der Waals surface area (Å²) >= 11 is 0. The fourth-order valence-corrected chi connectivity index (χ4v) is 4.05. The van der Waals surface area contributed by atoms with Gasteiger partial charge in [0.15, 0.2) is 0 Å². The van der Waals surface area contributed by atoms with Crippen molar-refractivity contribution in [3.63, 3.8) is 0 Å². The Morgan fingerprint density at radius 2 is 1.67 bits per heavy atom. The molecule has 0 radical (unpaired) electrons. The fraction of sp³-hybridized carbons (Fsp3) is 0.650. The molecule has 24 heavy (non-hydrogen) atoms. The van der Waals surface area contributed by atoms with Crippen LogP contribution in [0.3, 0.4) is 0 Å². The molecule has 1 saturated heterocycles. The Morgan fingerprint density at radius 1 is 1.04 bits per heavy atom. The van der Waals surface area contributed by atoms with Crippen LogP contribution >= 0.6 is 12.4 Å². The first kappa shape index (κ1) is 19.3. The minimum atomic E-state index is -0.393. The number of aryl methyl sites for hydroxylation is 1. The van der Waals surface area contributed by atoms with Gasteiger partial charge in [-0.1, -0.05) is 49.1 Å². The number of benzene rings is 1. The second-order valence-corrected chi connectivity index (χ2v) is 7.19. The fourth-order valence-electron chi connectivity index (χ4n) is 4.05. The number of carbonyl (C=O) groups excluding carboxylic acids is 1. The number of piperidine rings is 1. The molecule has 1 heterocycles. The molecule has 1 saturated carbocycles. The Bertz CT molecular complexity index is 517. The molecule has 0 spiro atoms. The van der Waals surface area contributed by atoms with Gasteiger partial charge in [0.25, 0.3) is 0 Å². The van der Waals surface area contributed by atoms with Crippen molar-refractivity contribution in [1.29, 1.82) is 0 Å². The summed E-state index contributed by atoms with van der Waals surface area (Å²) in [6.07, 6.45) is 8.00. The number of hydrogen-bond acceptors (Lipinski definition) is 3. The molecule has 0 unspecified atom stereocenters. The molecule has 0 amide bonds. The monoisotopic (exact) mass is 351 g/mol. The molecule has 1 aliphatic carbocycles. The van der Waals surface area contributed by atoms with Crippen LogP contribution in [0.1, 0.15) is 56.1 Å². The quantitative estimate of drug-likeness (QED) is 0.742. The van der Waals surface area contributed by atoms with Gasteiger partial charge in [0.05, 0.1) is 5.41 Å². The lowest BCUT2D eigenvalue weighted by Crippen LogP contribution is -2.38. The summed E-state index contributed by atoms with van der Waals surface area (Å²) in [5, 5.41) is 0. The highest BCUT2D eigenvalue weighted by Gasteiger charge is 2.44. The lowest BCUT2D eigenvalue weighted by Gasteiger charge is -2.29. The van der Waals surface area contributed by atoms with Crippen LogP contribution in [0.25, 0.3) is 0 Å². The van der Waals surface area contributed by atoms with E-state index in [-0.39, 0.29) is 18.4 Å². The number of carbonyl (C=O) groups is 1. The van der Waals surface area contributed by atoms with E-state index >= 15 is 0 Å². The van der Waals surface area contributed by atoms with Crippen molar-refractivity contribution < 1.29 is 9.53 Å². The van der Waals surface area contributed by atoms with Gasteiger partial charge in [-0.05, 0) is 51.3 Å². The summed E-state index contributed by atoms with van der Waals surface area (Å²) in [5.74, 6) is -0.00383. The zero-order valence-corrected chi connectivity index (χ0v) is 15.6. The first-order chi connectivity index (χ1) is 11.2. The normalized spacial score (nSPS) is 20.4. The SMILES string of the molecule is Cc1ccc(C2(C(=O)OCCN3CCCCC3)CCCC2)cc1.Cl. The number of ether oxygens (including phenoxy) is 1. The standard InChI is InChI=1S/C20H29NO2.ClH/c1-17-7-9-18(10-8-17)20(11-3-4-12-20)19(22)23-16-15-21-13-5-2-6-14-21;/h7-10H,2-6,11-16H2,1H3;1H. The molecule has 3 nitrogen and oxygen atoms in total. The highest BCUT2D eigenvalue weighted by molar-refractivity contribution is 5.85. The van der Waals surface area contributed by atoms with Gasteiger partial charge >= 0.3 is 5.97 Å². The number of rotatable bonds is 5. The topological polar surface area (TPSA) is 29.5 Å². The summed E-state index contributed by atoms with van der Waals surface area (Å²) < 4.78 is 5.74. The Morgan fingerprint density at radius 3 is 2.29 bits per heavy atom. The molecular formula is C20H30ClNO2. The average molecular weight is 352 g/mol. The predicted octanol–water partition coefficient (Wildman–Crippen LogP) is 4.26. The number of nitrogens with zero attached hydrogens (tertiary/aromatic N) is 1. The highest BCUT2D eigenvalue weighted by Crippen LogP contribution is 2.42. The van der Waals surface area contributed by atoms with Gasteiger partial charge in [0.2, 0.25) is 0 Å². The Labute approximate surface area is 152 Å². The molecule has 2 aliphatic rings. The lowest BCUT2D eigenvalue weighted by atomic mass is 9.78. The first-order valence-corrected chi connectivity index (χ1v) is 9.17. The zero-order valence-electron chi connectivity index (χ0n) is 14.8. The highest BCUT2D eigenvalue weighted by atomic mass is 35.5. The second-order valence-electron chi connectivity index (χ2n) is 7.19. The third-order valence-electron chi connectivity index (χ3n) is 5.54. The van der Waals surface area contributed by atoms with Crippen LogP contribution in [0.4, 0.5) is 0 Å². The van der Waals surface area contributed by atoms with Crippen LogP contribution in [0, 0.1) is 6.92 Å². The minimum Gasteiger partial charge on any atom is -0.464 e. The smallest absolute Gasteiger partial charge is 0.316 e. The van der Waals surface area contributed by atoms with E-state index in [2.05, 4.69) is 36.1 Å². The van der Waals surface area contributed by atoms with E-state index in [9.17, 15) is 4.79 Å². The molecule has 0 bridgehead atoms. The summed E-state index contributed by atoms with van der Waals surface area (Å²) in [6, 6.07) is 8.45. The van der Waals surface area contributed by atoms with E-state index in [4.69, 9.17) is 4.74 Å². The zero-order chi connectivity index (χ0) is 16.1. The van der Waals surface area contributed by atoms with Gasteiger partial charge in [-0.2, -0.15) is 0 Å². The average Bonchev–Trinajstić information content (AvgIpc) is 3.07. The summed E-state index contributed by atoms with van der Waals surface area (Å²) in [6.45, 7) is 5.81. The van der Waals surface area contributed by atoms with Gasteiger partial charge in [-0.3, -0.25) is 9.69 Å². The van der Waals surface area contributed by atoms with Crippen LogP contribution < -0.4 is 0 Å². The minimum absolute atomic E-state index is 0. The maximum atomic E-state index is 12.9. The molecule has 1 aromatic rings. The van der Waals surface area contributed by atoms with Crippen molar-refractivity contribution in [3.05, 3.63) is 35.4 Å². The summed E-state index contributed by atoms with van der Waals surface area (Å²) in [7, 11) is 0. The van der Waals surface area contributed by atoms with Gasteiger partial charge in [0.1, 0.15) is 6.61 Å². The molecule has 0 aromatic heterocycles. The van der Waals surface area contributed by atoms with E-state index in [0.717, 1.165) is 50.9 Å². The van der Waals surface area contributed by atoms with E-state index in [1.165, 1.54) is 24.8 Å². The van der Waals surface area contributed by atoms with Crippen molar-refractivity contribution in [2.45, 2.75) is 57.3 Å². The van der Waals surface area contributed by atoms with Gasteiger partial charge in [-0.25, -0.2) is 0 Å². The summed E-state index contributed by atoms with van der Waals surface area (Å²) in [5.41, 5.74) is 1.99. The molecular weight excluding hydrogens is 322 g/mol. The van der Waals surface area contributed by atoms with Gasteiger partial charge < -0.3 is 4.74 Å². The summed E-state index contributed by atoms with van der Waals surface area (Å²) in [4.78, 5) is 15.3. The number of esters is 1. The third kappa shape index (κ3) is 4.31. The Balaban J connectivity index is 0.00000208. The first-order valence-electron chi connectivity index (χ1n) is 9.17. The van der Waals surface area contributed by atoms with Crippen LogP contribution in [0.2, 0.25) is 0 Å². The third-order valence-corrected chi connectivity index (χ3v) is 5.54. The molecule has 0 N–H and O–H groups in total. The maximum Gasteiger partial charge on any atom is 0.316 e. The largest absolute Gasteiger partial charge is 0.464 e. The van der Waals surface area contributed by atoms with E-state index in [0.29, 0.717) is 6.61 Å². The van der Waals surface area contributed by atoms with Crippen molar-refractivity contribution in [1.82, 2.24) is 4.90 Å². The molecule has 3 rings (SSSR count). The number of hydrogen-bond donors (Lipinski definition) is 0. The van der Waals surface area contributed by atoms with Crippen LogP contribution in [0.15, 0.2) is 24.3 Å². The van der Waals surface area contributed by atoms with Crippen molar-refractivity contribution in [3.8, 4) is 0 Å². The van der Waals surface area contributed by atoms with E-state index in [1.807, 2.05) is 0 Å². The van der Waals surface area contributed by atoms with E-state index < -0.39 is 5.41 Å². The predicted molar refractivity (Wildman–Crippen MR) is 99.8 cm³/mol. The van der Waals surface area contributed by atoms with E-state index in [1.54, 1.807) is 0 Å². The van der Waals surface area contributed by atoms with Crippen molar-refractivity contribution in [2.24, 2.45) is 0 Å². The number of halogens is 1. The van der Waals surface area contributed by atoms with Crippen LogP contribution in [-0.2, 0) is 14.9 Å². The molecule has 1 aromatic carbocycles. The molecule has 0 atom stereocenters. The molecule has 134 valence electrons. The Kier molecular flexibility index (Phi) is 7.12. The van der Waals surface area contributed by atoms with Gasteiger partial charge in [0, 0.05) is 6.54 Å². The molecule has 4 heteroatoms. The lowest BCUT2D eigenvalue weighted by molar-refractivity contribution is -0.151. The van der Waals surface area contributed by atoms with Crippen LogP contribution in [-0.4, -0.2) is 37.1 Å². The maximum absolute atomic E-state index is 12.9. The van der Waals surface area contributed by atoms with Crippen molar-refractivity contribution >= 4 is 18.4 Å².